The van der Waals surface area contributed by atoms with Crippen LogP contribution in [0.4, 0.5) is 5.69 Å². The summed E-state index contributed by atoms with van der Waals surface area (Å²) in [7, 11) is 1.61. The molecular formula is C20H26N2O2. The maximum atomic E-state index is 12.9. The molecule has 0 saturated carbocycles. The van der Waals surface area contributed by atoms with Crippen LogP contribution in [0.2, 0.25) is 0 Å². The minimum atomic E-state index is -0.387. The second-order valence-electron chi connectivity index (χ2n) is 5.74. The topological polar surface area (TPSA) is 50.4 Å². The Kier molecular flexibility index (Phi) is 6.82. The predicted molar refractivity (Wildman–Crippen MR) is 98.3 cm³/mol. The largest absolute Gasteiger partial charge is 0.497 e. The monoisotopic (exact) mass is 326 g/mol. The quantitative estimate of drug-likeness (QED) is 0.766. The van der Waals surface area contributed by atoms with E-state index in [0.29, 0.717) is 6.04 Å². The van der Waals surface area contributed by atoms with Crippen LogP contribution in [0.5, 0.6) is 5.75 Å². The molecule has 0 fully saturated rings. The van der Waals surface area contributed by atoms with Gasteiger partial charge in [-0.3, -0.25) is 10.1 Å². The van der Waals surface area contributed by atoms with E-state index in [-0.39, 0.29) is 11.9 Å². The van der Waals surface area contributed by atoms with Gasteiger partial charge in [-0.15, -0.1) is 0 Å². The first-order valence-corrected chi connectivity index (χ1v) is 8.43. The van der Waals surface area contributed by atoms with Gasteiger partial charge in [0.1, 0.15) is 11.8 Å². The highest BCUT2D eigenvalue weighted by molar-refractivity contribution is 5.95. The first-order valence-electron chi connectivity index (χ1n) is 8.43. The Morgan fingerprint density at radius 2 is 1.75 bits per heavy atom. The number of methoxy groups -OCH3 is 1. The second-order valence-corrected chi connectivity index (χ2v) is 5.74. The fourth-order valence-electron chi connectivity index (χ4n) is 2.64. The third-order valence-corrected chi connectivity index (χ3v) is 4.12. The van der Waals surface area contributed by atoms with Crippen LogP contribution in [0.15, 0.2) is 54.6 Å². The molecule has 2 N–H and O–H groups in total. The van der Waals surface area contributed by atoms with Crippen LogP contribution in [-0.4, -0.2) is 19.1 Å². The van der Waals surface area contributed by atoms with Crippen molar-refractivity contribution in [1.29, 1.82) is 0 Å². The summed E-state index contributed by atoms with van der Waals surface area (Å²) in [5, 5.41) is 6.46. The van der Waals surface area contributed by atoms with E-state index in [4.69, 9.17) is 4.74 Å². The highest BCUT2D eigenvalue weighted by atomic mass is 16.5. The highest BCUT2D eigenvalue weighted by Gasteiger charge is 2.22. The van der Waals surface area contributed by atoms with E-state index in [2.05, 4.69) is 24.5 Å². The van der Waals surface area contributed by atoms with Gasteiger partial charge in [0.15, 0.2) is 0 Å². The number of anilines is 1. The Morgan fingerprint density at radius 3 is 2.38 bits per heavy atom. The molecule has 2 aromatic carbocycles. The van der Waals surface area contributed by atoms with Crippen molar-refractivity contribution in [2.75, 3.05) is 12.4 Å². The fourth-order valence-corrected chi connectivity index (χ4v) is 2.64. The van der Waals surface area contributed by atoms with Crippen LogP contribution in [0.1, 0.15) is 38.3 Å². The van der Waals surface area contributed by atoms with Gasteiger partial charge in [-0.05, 0) is 30.5 Å². The molecular weight excluding hydrogens is 300 g/mol. The number of hydrogen-bond donors (Lipinski definition) is 2. The van der Waals surface area contributed by atoms with Crippen molar-refractivity contribution in [2.45, 2.75) is 38.8 Å². The summed E-state index contributed by atoms with van der Waals surface area (Å²) >= 11 is 0. The van der Waals surface area contributed by atoms with Crippen LogP contribution >= 0.6 is 0 Å². The number of benzene rings is 2. The molecule has 1 atom stereocenters. The number of carbonyl (C=O) groups is 1. The molecule has 24 heavy (non-hydrogen) atoms. The normalized spacial score (nSPS) is 12.0. The van der Waals surface area contributed by atoms with E-state index >= 15 is 0 Å². The zero-order chi connectivity index (χ0) is 17.4. The van der Waals surface area contributed by atoms with Gasteiger partial charge in [0.05, 0.1) is 7.11 Å². The number of hydrogen-bond acceptors (Lipinski definition) is 3. The Hall–Kier alpha value is -2.33. The Morgan fingerprint density at radius 1 is 1.04 bits per heavy atom. The minimum absolute atomic E-state index is 0.0682. The van der Waals surface area contributed by atoms with Gasteiger partial charge in [0.2, 0.25) is 5.91 Å². The second kappa shape index (κ2) is 9.08. The van der Waals surface area contributed by atoms with E-state index in [9.17, 15) is 4.79 Å². The van der Waals surface area contributed by atoms with Gasteiger partial charge >= 0.3 is 0 Å². The zero-order valence-electron chi connectivity index (χ0n) is 14.6. The summed E-state index contributed by atoms with van der Waals surface area (Å²) in [6.45, 7) is 4.26. The lowest BCUT2D eigenvalue weighted by Crippen LogP contribution is -2.39. The first-order chi connectivity index (χ1) is 11.7. The summed E-state index contributed by atoms with van der Waals surface area (Å²) < 4.78 is 5.21. The molecule has 2 rings (SSSR count). The van der Waals surface area contributed by atoms with E-state index in [1.165, 1.54) is 0 Å². The number of ether oxygens (including phenoxy) is 1. The molecule has 128 valence electrons. The molecule has 2 aromatic rings. The lowest BCUT2D eigenvalue weighted by atomic mass is 10.0. The average Bonchev–Trinajstić information content (AvgIpc) is 2.63. The SMILES string of the molecule is CCC(CC)N[C@@H](C(=O)Nc1cccc(OC)c1)c1ccccc1. The molecule has 0 heterocycles. The number of nitrogens with one attached hydrogen (secondary N) is 2. The van der Waals surface area contributed by atoms with E-state index in [0.717, 1.165) is 29.8 Å². The van der Waals surface area contributed by atoms with Crippen molar-refractivity contribution in [3.63, 3.8) is 0 Å². The maximum Gasteiger partial charge on any atom is 0.246 e. The van der Waals surface area contributed by atoms with E-state index < -0.39 is 0 Å². The number of carbonyl (C=O) groups excluding carboxylic acids is 1. The molecule has 0 unspecified atom stereocenters. The van der Waals surface area contributed by atoms with Gasteiger partial charge in [-0.2, -0.15) is 0 Å². The molecule has 0 aliphatic heterocycles. The van der Waals surface area contributed by atoms with Gasteiger partial charge in [0, 0.05) is 17.8 Å². The Bertz CT molecular complexity index is 639. The molecule has 4 nitrogen and oxygen atoms in total. The van der Waals surface area contributed by atoms with Gasteiger partial charge in [-0.1, -0.05) is 50.2 Å². The minimum Gasteiger partial charge on any atom is -0.497 e. The average molecular weight is 326 g/mol. The molecule has 0 aliphatic rings. The van der Waals surface area contributed by atoms with Crippen LogP contribution in [0, 0.1) is 0 Å². The standard InChI is InChI=1S/C20H26N2O2/c1-4-16(5-2)21-19(15-10-7-6-8-11-15)20(23)22-17-12-9-13-18(14-17)24-3/h6-14,16,19,21H,4-5H2,1-3H3,(H,22,23)/t19-/m1/s1. The number of rotatable bonds is 8. The molecule has 0 aliphatic carbocycles. The van der Waals surface area contributed by atoms with E-state index in [1.54, 1.807) is 7.11 Å². The Balaban J connectivity index is 2.20. The van der Waals surface area contributed by atoms with Crippen LogP contribution in [0.3, 0.4) is 0 Å². The van der Waals surface area contributed by atoms with Crippen molar-refractivity contribution < 1.29 is 9.53 Å². The summed E-state index contributed by atoms with van der Waals surface area (Å²) in [5.41, 5.74) is 1.69. The van der Waals surface area contributed by atoms with Crippen molar-refractivity contribution in [2.24, 2.45) is 0 Å². The first kappa shape index (κ1) is 18.0. The molecule has 0 aromatic heterocycles. The summed E-state index contributed by atoms with van der Waals surface area (Å²) in [6.07, 6.45) is 1.96. The number of amides is 1. The molecule has 0 bridgehead atoms. The smallest absolute Gasteiger partial charge is 0.246 e. The molecule has 0 radical (unpaired) electrons. The summed E-state index contributed by atoms with van der Waals surface area (Å²) in [4.78, 5) is 12.9. The summed E-state index contributed by atoms with van der Waals surface area (Å²) in [6, 6.07) is 17.1. The Labute approximate surface area is 144 Å². The molecule has 0 spiro atoms. The van der Waals surface area contributed by atoms with Crippen molar-refractivity contribution in [1.82, 2.24) is 5.32 Å². The van der Waals surface area contributed by atoms with E-state index in [1.807, 2.05) is 54.6 Å². The molecule has 4 heteroatoms. The van der Waals surface area contributed by atoms with Crippen LogP contribution in [0.25, 0.3) is 0 Å². The predicted octanol–water partition coefficient (Wildman–Crippen LogP) is 4.15. The molecule has 1 amide bonds. The third-order valence-electron chi connectivity index (χ3n) is 4.12. The van der Waals surface area contributed by atoms with Crippen LogP contribution < -0.4 is 15.4 Å². The van der Waals surface area contributed by atoms with Crippen molar-refractivity contribution in [3.8, 4) is 5.75 Å². The third kappa shape index (κ3) is 4.83. The highest BCUT2D eigenvalue weighted by Crippen LogP contribution is 2.21. The molecule has 0 saturated heterocycles. The lowest BCUT2D eigenvalue weighted by Gasteiger charge is -2.24. The zero-order valence-corrected chi connectivity index (χ0v) is 14.6. The van der Waals surface area contributed by atoms with Gasteiger partial charge in [0.25, 0.3) is 0 Å². The van der Waals surface area contributed by atoms with Gasteiger partial charge in [-0.25, -0.2) is 0 Å². The fraction of sp³-hybridized carbons (Fsp3) is 0.350. The maximum absolute atomic E-state index is 12.9. The van der Waals surface area contributed by atoms with Crippen molar-refractivity contribution >= 4 is 11.6 Å². The van der Waals surface area contributed by atoms with Crippen molar-refractivity contribution in [3.05, 3.63) is 60.2 Å². The summed E-state index contributed by atoms with van der Waals surface area (Å²) in [5.74, 6) is 0.651. The lowest BCUT2D eigenvalue weighted by molar-refractivity contribution is -0.118. The van der Waals surface area contributed by atoms with Gasteiger partial charge < -0.3 is 10.1 Å². The van der Waals surface area contributed by atoms with Crippen LogP contribution in [-0.2, 0) is 4.79 Å².